The van der Waals surface area contributed by atoms with Gasteiger partial charge in [0, 0.05) is 113 Å². The van der Waals surface area contributed by atoms with E-state index < -0.39 is 29.0 Å². The van der Waals surface area contributed by atoms with E-state index in [4.69, 9.17) is 0 Å². The number of halogens is 4. The lowest BCUT2D eigenvalue weighted by molar-refractivity contribution is -0.146. The molecule has 2 aliphatic carbocycles. The van der Waals surface area contributed by atoms with E-state index in [1.165, 1.54) is 23.4 Å². The second kappa shape index (κ2) is 25.8. The van der Waals surface area contributed by atoms with Gasteiger partial charge >= 0.3 is 6.18 Å². The predicted molar refractivity (Wildman–Crippen MR) is 297 cm³/mol. The van der Waals surface area contributed by atoms with Gasteiger partial charge in [0.15, 0.2) is 0 Å². The quantitative estimate of drug-likeness (QED) is 0.0648. The molecule has 3 aliphatic heterocycles. The Morgan fingerprint density at radius 2 is 1.62 bits per heavy atom. The fourth-order valence-electron chi connectivity index (χ4n) is 13.2. The molecule has 0 unspecified atom stereocenters. The Balaban J connectivity index is 0.654. The fraction of sp³-hybridized carbons (Fsp3) is 0.600. The van der Waals surface area contributed by atoms with Crippen molar-refractivity contribution >= 4 is 45.5 Å². The normalized spacial score (nSPS) is 22.4. The predicted octanol–water partition coefficient (Wildman–Crippen LogP) is 9.79. The number of likely N-dealkylation sites (tertiary alicyclic amines) is 2. The number of hydrogen-bond acceptors (Lipinski definition) is 9. The molecule has 0 radical (unpaired) electrons. The van der Waals surface area contributed by atoms with Crippen LogP contribution < -0.4 is 16.0 Å². The van der Waals surface area contributed by atoms with Crippen LogP contribution in [0.3, 0.4) is 0 Å². The van der Waals surface area contributed by atoms with E-state index in [0.717, 1.165) is 87.1 Å². The van der Waals surface area contributed by atoms with Crippen LogP contribution >= 0.6 is 15.9 Å². The van der Waals surface area contributed by atoms with Gasteiger partial charge in [0.2, 0.25) is 23.6 Å². The molecule has 5 atom stereocenters. The van der Waals surface area contributed by atoms with Gasteiger partial charge in [-0.05, 0) is 110 Å². The van der Waals surface area contributed by atoms with Crippen LogP contribution in [0.15, 0.2) is 65.7 Å². The van der Waals surface area contributed by atoms with Crippen molar-refractivity contribution < 1.29 is 37.1 Å². The Morgan fingerprint density at radius 3 is 2.35 bits per heavy atom. The standard InChI is InChI=1S/C60H78BrF3N10O5/c1-39(2)59(24-19-45(34-59)69-51-18-15-40-31-44(61)16-17-47(40)51)58(79)73-30-23-50-42(37-73)32-49(60(62,63)64)52(70-50)20-27-67-56(77)43-36-68-74(38-43)46-21-28-72(29-22-46)53(75)14-10-8-6-4-5-7-9-11-26-66-57(78)48-33-54(76)71(3)55(48)41-13-12-25-65-35-41/h12-13,16-17,25,31-32,35-36,38-39,45-46,48,51,55,69H,4-11,14-15,18-24,26-30,33-34,37H2,1-3H3,(H,66,78)(H,67,77)/t45-,48+,51-,55-,59+/m1/s1. The van der Waals surface area contributed by atoms with E-state index in [1.807, 2.05) is 17.0 Å². The van der Waals surface area contributed by atoms with E-state index in [0.29, 0.717) is 75.1 Å². The summed E-state index contributed by atoms with van der Waals surface area (Å²) in [6.07, 6.45) is 16.6. The van der Waals surface area contributed by atoms with Crippen molar-refractivity contribution in [2.75, 3.05) is 39.8 Å². The van der Waals surface area contributed by atoms with Crippen molar-refractivity contribution in [2.24, 2.45) is 17.3 Å². The number of fused-ring (bicyclic) bond motifs is 2. The average Bonchev–Trinajstić information content (AvgIpc) is 4.39. The molecule has 0 spiro atoms. The first-order chi connectivity index (χ1) is 38.0. The van der Waals surface area contributed by atoms with Crippen LogP contribution in [-0.4, -0.2) is 110 Å². The average molecular weight is 1160 g/mol. The topological polar surface area (TPSA) is 175 Å². The highest BCUT2D eigenvalue weighted by Gasteiger charge is 2.50. The lowest BCUT2D eigenvalue weighted by atomic mass is 9.74. The van der Waals surface area contributed by atoms with Crippen LogP contribution in [-0.2, 0) is 51.2 Å². The second-order valence-corrected chi connectivity index (χ2v) is 24.1. The SMILES string of the molecule is CC(C)[C@]1(C(=O)N2CCc3nc(CCNC(=O)c4cnn(C5CCN(C(=O)CCCCCCCCCCNC(=O)[C@H]6CC(=O)N(C)[C@@H]6c6cccnc6)CC5)c4)c(C(F)(F)F)cc3C2)CC[C@@H](N[C@@H]2CCc3cc(Br)ccc32)C1. The van der Waals surface area contributed by atoms with Crippen LogP contribution in [0.4, 0.5) is 13.2 Å². The molecule has 3 fully saturated rings. The number of nitrogens with zero attached hydrogens (tertiary/aromatic N) is 7. The molecule has 19 heteroatoms. The van der Waals surface area contributed by atoms with Gasteiger partial charge < -0.3 is 30.7 Å². The van der Waals surface area contributed by atoms with E-state index >= 15 is 0 Å². The molecule has 3 N–H and O–H groups in total. The van der Waals surface area contributed by atoms with Gasteiger partial charge in [-0.2, -0.15) is 18.3 Å². The molecule has 6 heterocycles. The first kappa shape index (κ1) is 58.0. The van der Waals surface area contributed by atoms with Gasteiger partial charge in [-0.1, -0.05) is 80.4 Å². The number of benzene rings is 1. The summed E-state index contributed by atoms with van der Waals surface area (Å²) in [6.45, 7) is 6.37. The molecule has 79 heavy (non-hydrogen) atoms. The summed E-state index contributed by atoms with van der Waals surface area (Å²) in [5.74, 6) is -0.753. The Morgan fingerprint density at radius 1 is 0.861 bits per heavy atom. The maximum atomic E-state index is 14.7. The number of rotatable bonds is 22. The molecule has 5 amide bonds. The summed E-state index contributed by atoms with van der Waals surface area (Å²) in [5.41, 5.74) is 3.24. The van der Waals surface area contributed by atoms with E-state index in [9.17, 15) is 37.1 Å². The maximum absolute atomic E-state index is 14.7. The number of piperidine rings is 1. The van der Waals surface area contributed by atoms with Crippen molar-refractivity contribution in [1.29, 1.82) is 0 Å². The molecule has 2 saturated heterocycles. The molecular formula is C60H78BrF3N10O5. The zero-order valence-corrected chi connectivity index (χ0v) is 47.7. The zero-order valence-electron chi connectivity index (χ0n) is 46.1. The Hall–Kier alpha value is -5.69. The summed E-state index contributed by atoms with van der Waals surface area (Å²) in [6, 6.07) is 11.5. The third kappa shape index (κ3) is 13.7. The van der Waals surface area contributed by atoms with Crippen LogP contribution in [0.1, 0.15) is 184 Å². The minimum absolute atomic E-state index is 0.0124. The highest BCUT2D eigenvalue weighted by molar-refractivity contribution is 9.10. The fourth-order valence-corrected chi connectivity index (χ4v) is 13.6. The summed E-state index contributed by atoms with van der Waals surface area (Å²) < 4.78 is 46.9. The Kier molecular flexibility index (Phi) is 19.0. The van der Waals surface area contributed by atoms with Gasteiger partial charge in [0.1, 0.15) is 0 Å². The molecule has 0 bridgehead atoms. The third-order valence-corrected chi connectivity index (χ3v) is 18.3. The molecule has 1 aromatic carbocycles. The summed E-state index contributed by atoms with van der Waals surface area (Å²) in [5, 5.41) is 14.1. The van der Waals surface area contributed by atoms with Crippen LogP contribution in [0, 0.1) is 17.3 Å². The summed E-state index contributed by atoms with van der Waals surface area (Å²) >= 11 is 3.59. The van der Waals surface area contributed by atoms with Crippen molar-refractivity contribution in [2.45, 2.75) is 173 Å². The number of pyridine rings is 2. The first-order valence-electron chi connectivity index (χ1n) is 28.9. The van der Waals surface area contributed by atoms with Crippen molar-refractivity contribution in [3.63, 3.8) is 0 Å². The molecule has 9 rings (SSSR count). The second-order valence-electron chi connectivity index (χ2n) is 23.2. The number of aryl methyl sites for hydroxylation is 1. The Labute approximate surface area is 471 Å². The van der Waals surface area contributed by atoms with Gasteiger partial charge in [-0.15, -0.1) is 0 Å². The van der Waals surface area contributed by atoms with Gasteiger partial charge in [-0.3, -0.25) is 38.6 Å². The summed E-state index contributed by atoms with van der Waals surface area (Å²) in [7, 11) is 1.74. The largest absolute Gasteiger partial charge is 0.418 e. The van der Waals surface area contributed by atoms with Gasteiger partial charge in [-0.25, -0.2) is 0 Å². The number of carbonyl (C=O) groups excluding carboxylic acids is 5. The lowest BCUT2D eigenvalue weighted by Gasteiger charge is -2.40. The number of hydrogen-bond donors (Lipinski definition) is 3. The molecule has 15 nitrogen and oxygen atoms in total. The molecule has 5 aliphatic rings. The van der Waals surface area contributed by atoms with E-state index in [2.05, 4.69) is 79.0 Å². The van der Waals surface area contributed by atoms with Crippen LogP contribution in [0.5, 0.6) is 0 Å². The smallest absolute Gasteiger partial charge is 0.356 e. The van der Waals surface area contributed by atoms with E-state index in [-0.39, 0.29) is 85.3 Å². The summed E-state index contributed by atoms with van der Waals surface area (Å²) in [4.78, 5) is 80.3. The molecule has 3 aromatic heterocycles. The lowest BCUT2D eigenvalue weighted by Crippen LogP contribution is -2.48. The zero-order chi connectivity index (χ0) is 55.8. The number of carbonyl (C=O) groups is 5. The minimum Gasteiger partial charge on any atom is -0.356 e. The monoisotopic (exact) mass is 1150 g/mol. The number of aromatic nitrogens is 4. The van der Waals surface area contributed by atoms with E-state index in [1.54, 1.807) is 40.1 Å². The van der Waals surface area contributed by atoms with Crippen molar-refractivity contribution in [3.8, 4) is 0 Å². The molecular weight excluding hydrogens is 1080 g/mol. The number of unbranched alkanes of at least 4 members (excludes halogenated alkanes) is 7. The highest BCUT2D eigenvalue weighted by Crippen LogP contribution is 2.48. The molecule has 426 valence electrons. The first-order valence-corrected chi connectivity index (χ1v) is 29.7. The molecule has 4 aromatic rings. The number of alkyl halides is 3. The van der Waals surface area contributed by atoms with Crippen LogP contribution in [0.25, 0.3) is 0 Å². The van der Waals surface area contributed by atoms with Gasteiger partial charge in [0.25, 0.3) is 5.91 Å². The van der Waals surface area contributed by atoms with Crippen LogP contribution in [0.2, 0.25) is 0 Å². The number of nitrogens with one attached hydrogen (secondary N) is 3. The molecule has 1 saturated carbocycles. The minimum atomic E-state index is -4.67. The maximum Gasteiger partial charge on any atom is 0.418 e. The van der Waals surface area contributed by atoms with Crippen molar-refractivity contribution in [1.82, 2.24) is 50.4 Å². The number of amides is 5. The van der Waals surface area contributed by atoms with Crippen molar-refractivity contribution in [3.05, 3.63) is 110 Å². The third-order valence-electron chi connectivity index (χ3n) is 17.8. The Bertz CT molecular complexity index is 2800. The van der Waals surface area contributed by atoms with Gasteiger partial charge in [0.05, 0.1) is 46.4 Å². The highest BCUT2D eigenvalue weighted by atomic mass is 79.9.